The first-order valence-electron chi connectivity index (χ1n) is 10.3. The molecular formula is C23H24BrFN4O3. The number of amides is 1. The Morgan fingerprint density at radius 1 is 1.25 bits per heavy atom. The summed E-state index contributed by atoms with van der Waals surface area (Å²) >= 11 is 3.40. The molecule has 7 nitrogen and oxygen atoms in total. The van der Waals surface area contributed by atoms with E-state index in [2.05, 4.69) is 25.8 Å². The summed E-state index contributed by atoms with van der Waals surface area (Å²) in [6.45, 7) is 4.58. The zero-order valence-corrected chi connectivity index (χ0v) is 19.7. The third kappa shape index (κ3) is 4.68. The molecule has 4 rings (SSSR count). The first-order valence-corrected chi connectivity index (χ1v) is 11.1. The molecule has 1 atom stereocenters. The van der Waals surface area contributed by atoms with Crippen molar-refractivity contribution in [2.75, 3.05) is 45.3 Å². The lowest BCUT2D eigenvalue weighted by atomic mass is 10.0. The molecule has 0 aliphatic carbocycles. The number of ether oxygens (including phenoxy) is 2. The fraction of sp³-hybridized carbons (Fsp3) is 0.348. The Labute approximate surface area is 194 Å². The number of fused-ring (bicyclic) bond motifs is 1. The maximum atomic E-state index is 13.8. The van der Waals surface area contributed by atoms with Gasteiger partial charge in [-0.2, -0.15) is 0 Å². The molecule has 1 aliphatic heterocycles. The topological polar surface area (TPSA) is 67.8 Å². The molecule has 2 aromatic carbocycles. The molecule has 1 aromatic heterocycles. The number of benzene rings is 2. The minimum Gasteiger partial charge on any atom is -0.485 e. The highest BCUT2D eigenvalue weighted by atomic mass is 79.9. The summed E-state index contributed by atoms with van der Waals surface area (Å²) in [7, 11) is 3.40. The van der Waals surface area contributed by atoms with Crippen LogP contribution in [0.1, 0.15) is 28.9 Å². The van der Waals surface area contributed by atoms with E-state index in [4.69, 9.17) is 14.5 Å². The molecule has 0 bridgehead atoms. The lowest BCUT2D eigenvalue weighted by Crippen LogP contribution is -2.36. The van der Waals surface area contributed by atoms with Crippen LogP contribution in [0.4, 0.5) is 10.2 Å². The van der Waals surface area contributed by atoms with Crippen LogP contribution in [0.3, 0.4) is 0 Å². The number of halogens is 2. The second-order valence-corrected chi connectivity index (χ2v) is 8.65. The van der Waals surface area contributed by atoms with Crippen LogP contribution in [-0.2, 0) is 4.74 Å². The number of nitrogens with zero attached hydrogens (tertiary/aromatic N) is 4. The molecule has 2 heterocycles. The van der Waals surface area contributed by atoms with Crippen LogP contribution < -0.4 is 9.64 Å². The van der Waals surface area contributed by atoms with Crippen molar-refractivity contribution < 1.29 is 18.7 Å². The van der Waals surface area contributed by atoms with Crippen LogP contribution in [0.25, 0.3) is 11.0 Å². The SMILES string of the molecule is CC(Oc1cc(F)ccc1Br)c1cc(C(=O)N(C)C)cc2ncc(N3CCOCC3)nc12. The summed E-state index contributed by atoms with van der Waals surface area (Å²) in [6, 6.07) is 7.79. The molecule has 32 heavy (non-hydrogen) atoms. The molecule has 0 spiro atoms. The Kier molecular flexibility index (Phi) is 6.57. The minimum atomic E-state index is -0.514. The fourth-order valence-electron chi connectivity index (χ4n) is 3.59. The number of hydrogen-bond acceptors (Lipinski definition) is 6. The lowest BCUT2D eigenvalue weighted by molar-refractivity contribution is 0.0827. The van der Waals surface area contributed by atoms with Gasteiger partial charge in [0.1, 0.15) is 23.5 Å². The summed E-state index contributed by atoms with van der Waals surface area (Å²) in [4.78, 5) is 25.8. The van der Waals surface area contributed by atoms with Gasteiger partial charge in [-0.15, -0.1) is 0 Å². The highest BCUT2D eigenvalue weighted by Gasteiger charge is 2.21. The van der Waals surface area contributed by atoms with Crippen LogP contribution >= 0.6 is 15.9 Å². The van der Waals surface area contributed by atoms with Crippen LogP contribution in [0.5, 0.6) is 5.75 Å². The normalized spacial score (nSPS) is 15.0. The van der Waals surface area contributed by atoms with Gasteiger partial charge in [0.2, 0.25) is 0 Å². The number of hydrogen-bond donors (Lipinski definition) is 0. The third-order valence-electron chi connectivity index (χ3n) is 5.29. The van der Waals surface area contributed by atoms with Gasteiger partial charge in [0, 0.05) is 44.4 Å². The Morgan fingerprint density at radius 3 is 2.72 bits per heavy atom. The van der Waals surface area contributed by atoms with Crippen LogP contribution in [0, 0.1) is 5.82 Å². The van der Waals surface area contributed by atoms with Gasteiger partial charge < -0.3 is 19.3 Å². The Hall–Kier alpha value is -2.78. The molecule has 1 aliphatic rings. The number of carbonyl (C=O) groups is 1. The Balaban J connectivity index is 1.80. The fourth-order valence-corrected chi connectivity index (χ4v) is 3.93. The predicted octanol–water partition coefficient (Wildman–Crippen LogP) is 4.21. The van der Waals surface area contributed by atoms with Crippen molar-refractivity contribution in [3.05, 3.63) is 57.9 Å². The van der Waals surface area contributed by atoms with Gasteiger partial charge in [0.25, 0.3) is 5.91 Å². The number of carbonyl (C=O) groups excluding carboxylic acids is 1. The predicted molar refractivity (Wildman–Crippen MR) is 124 cm³/mol. The van der Waals surface area contributed by atoms with E-state index in [-0.39, 0.29) is 5.91 Å². The van der Waals surface area contributed by atoms with Crippen molar-refractivity contribution in [3.8, 4) is 5.75 Å². The average molecular weight is 503 g/mol. The highest BCUT2D eigenvalue weighted by Crippen LogP contribution is 2.33. The molecule has 1 unspecified atom stereocenters. The van der Waals surface area contributed by atoms with E-state index in [1.165, 1.54) is 17.0 Å². The maximum Gasteiger partial charge on any atom is 0.253 e. The molecule has 9 heteroatoms. The molecule has 1 fully saturated rings. The van der Waals surface area contributed by atoms with Crippen molar-refractivity contribution in [3.63, 3.8) is 0 Å². The summed E-state index contributed by atoms with van der Waals surface area (Å²) in [6.07, 6.45) is 1.20. The highest BCUT2D eigenvalue weighted by molar-refractivity contribution is 9.10. The van der Waals surface area contributed by atoms with Gasteiger partial charge in [-0.1, -0.05) is 0 Å². The van der Waals surface area contributed by atoms with E-state index < -0.39 is 11.9 Å². The number of morpholine rings is 1. The Morgan fingerprint density at radius 2 is 2.00 bits per heavy atom. The van der Waals surface area contributed by atoms with Gasteiger partial charge >= 0.3 is 0 Å². The van der Waals surface area contributed by atoms with E-state index in [1.807, 2.05) is 6.92 Å². The van der Waals surface area contributed by atoms with Crippen molar-refractivity contribution >= 4 is 38.7 Å². The van der Waals surface area contributed by atoms with Crippen LogP contribution in [-0.4, -0.2) is 61.2 Å². The molecule has 3 aromatic rings. The summed E-state index contributed by atoms with van der Waals surface area (Å²) in [5.74, 6) is 0.567. The maximum absolute atomic E-state index is 13.8. The number of rotatable bonds is 5. The zero-order valence-electron chi connectivity index (χ0n) is 18.1. The van der Waals surface area contributed by atoms with Crippen LogP contribution in [0.15, 0.2) is 41.0 Å². The number of aromatic nitrogens is 2. The van der Waals surface area contributed by atoms with E-state index in [1.54, 1.807) is 38.5 Å². The molecule has 0 saturated carbocycles. The Bertz CT molecular complexity index is 1150. The molecule has 1 amide bonds. The van der Waals surface area contributed by atoms with E-state index >= 15 is 0 Å². The average Bonchev–Trinajstić information content (AvgIpc) is 2.80. The first-order chi connectivity index (χ1) is 15.3. The second-order valence-electron chi connectivity index (χ2n) is 7.80. The van der Waals surface area contributed by atoms with Gasteiger partial charge in [0.05, 0.1) is 34.9 Å². The van der Waals surface area contributed by atoms with Gasteiger partial charge in [0.15, 0.2) is 0 Å². The lowest BCUT2D eigenvalue weighted by Gasteiger charge is -2.28. The van der Waals surface area contributed by atoms with Crippen molar-refractivity contribution in [1.29, 1.82) is 0 Å². The summed E-state index contributed by atoms with van der Waals surface area (Å²) in [5, 5.41) is 0. The minimum absolute atomic E-state index is 0.147. The van der Waals surface area contributed by atoms with Gasteiger partial charge in [-0.3, -0.25) is 9.78 Å². The third-order valence-corrected chi connectivity index (χ3v) is 5.94. The van der Waals surface area contributed by atoms with Crippen molar-refractivity contribution in [1.82, 2.24) is 14.9 Å². The van der Waals surface area contributed by atoms with Crippen LogP contribution in [0.2, 0.25) is 0 Å². The molecule has 168 valence electrons. The standard InChI is InChI=1S/C23H24BrFN4O3/c1-14(32-20-12-16(25)4-5-18(20)24)17-10-15(23(30)28(2)3)11-19-22(17)27-21(13-26-19)29-6-8-31-9-7-29/h4-5,10-14H,6-9H2,1-3H3. The number of anilines is 1. The molecular weight excluding hydrogens is 479 g/mol. The largest absolute Gasteiger partial charge is 0.485 e. The van der Waals surface area contributed by atoms with E-state index in [0.717, 1.165) is 18.9 Å². The quantitative estimate of drug-likeness (QED) is 0.520. The second kappa shape index (κ2) is 9.38. The van der Waals surface area contributed by atoms with Gasteiger partial charge in [-0.05, 0) is 47.1 Å². The summed E-state index contributed by atoms with van der Waals surface area (Å²) < 4.78 is 25.9. The van der Waals surface area contributed by atoms with Gasteiger partial charge in [-0.25, -0.2) is 9.37 Å². The molecule has 0 radical (unpaired) electrons. The molecule has 0 N–H and O–H groups in total. The van der Waals surface area contributed by atoms with Crippen molar-refractivity contribution in [2.24, 2.45) is 0 Å². The van der Waals surface area contributed by atoms with Crippen molar-refractivity contribution in [2.45, 2.75) is 13.0 Å². The monoisotopic (exact) mass is 502 g/mol. The summed E-state index contributed by atoms with van der Waals surface area (Å²) in [5.41, 5.74) is 2.42. The first kappa shape index (κ1) is 22.4. The van der Waals surface area contributed by atoms with E-state index in [0.29, 0.717) is 45.6 Å². The molecule has 1 saturated heterocycles. The van der Waals surface area contributed by atoms with E-state index in [9.17, 15) is 9.18 Å². The smallest absolute Gasteiger partial charge is 0.253 e. The zero-order chi connectivity index (χ0) is 22.8.